The summed E-state index contributed by atoms with van der Waals surface area (Å²) in [4.78, 5) is 34.4. The maximum Gasteiger partial charge on any atom is 0.275 e. The zero-order valence-electron chi connectivity index (χ0n) is 13.4. The summed E-state index contributed by atoms with van der Waals surface area (Å²) in [5.41, 5.74) is 2.21. The monoisotopic (exact) mass is 326 g/mol. The van der Waals surface area contributed by atoms with E-state index < -0.39 is 0 Å². The Balaban J connectivity index is 1.78. The third-order valence-electron chi connectivity index (χ3n) is 3.82. The van der Waals surface area contributed by atoms with Crippen molar-refractivity contribution in [1.82, 2.24) is 14.9 Å². The molecule has 24 heavy (non-hydrogen) atoms. The van der Waals surface area contributed by atoms with E-state index in [-0.39, 0.29) is 17.5 Å². The van der Waals surface area contributed by atoms with Gasteiger partial charge in [-0.05, 0) is 24.6 Å². The number of aromatic nitrogens is 2. The van der Waals surface area contributed by atoms with E-state index >= 15 is 0 Å². The summed E-state index contributed by atoms with van der Waals surface area (Å²) in [6, 6.07) is 5.28. The number of benzene rings is 1. The molecule has 0 bridgehead atoms. The summed E-state index contributed by atoms with van der Waals surface area (Å²) in [7, 11) is 0. The molecule has 3 rings (SSSR count). The lowest BCUT2D eigenvalue weighted by Crippen LogP contribution is -2.41. The second-order valence-corrected chi connectivity index (χ2v) is 5.48. The van der Waals surface area contributed by atoms with Crippen molar-refractivity contribution in [3.05, 3.63) is 53.6 Å². The third-order valence-corrected chi connectivity index (χ3v) is 3.82. The van der Waals surface area contributed by atoms with E-state index in [9.17, 15) is 9.59 Å². The number of carbonyl (C=O) groups excluding carboxylic acids is 2. The number of morpholine rings is 1. The molecule has 1 N–H and O–H groups in total. The van der Waals surface area contributed by atoms with E-state index in [4.69, 9.17) is 4.74 Å². The molecule has 0 radical (unpaired) electrons. The smallest absolute Gasteiger partial charge is 0.275 e. The quantitative estimate of drug-likeness (QED) is 0.924. The van der Waals surface area contributed by atoms with Gasteiger partial charge in [0.25, 0.3) is 11.8 Å². The Morgan fingerprint density at radius 2 is 2.00 bits per heavy atom. The van der Waals surface area contributed by atoms with Crippen LogP contribution in [0.3, 0.4) is 0 Å². The molecule has 0 saturated carbocycles. The number of rotatable bonds is 3. The van der Waals surface area contributed by atoms with Crippen molar-refractivity contribution in [2.75, 3.05) is 31.6 Å². The predicted molar refractivity (Wildman–Crippen MR) is 87.9 cm³/mol. The topological polar surface area (TPSA) is 84.4 Å². The van der Waals surface area contributed by atoms with Crippen LogP contribution < -0.4 is 5.32 Å². The van der Waals surface area contributed by atoms with Crippen LogP contribution in [0, 0.1) is 6.92 Å². The first kappa shape index (κ1) is 16.1. The number of nitrogens with zero attached hydrogens (tertiary/aromatic N) is 3. The largest absolute Gasteiger partial charge is 0.378 e. The van der Waals surface area contributed by atoms with Crippen LogP contribution in [0.25, 0.3) is 0 Å². The summed E-state index contributed by atoms with van der Waals surface area (Å²) in [6.07, 6.45) is 4.35. The first-order valence-corrected chi connectivity index (χ1v) is 7.70. The highest BCUT2D eigenvalue weighted by Crippen LogP contribution is 2.18. The zero-order valence-corrected chi connectivity index (χ0v) is 13.4. The van der Waals surface area contributed by atoms with Gasteiger partial charge in [0.2, 0.25) is 0 Å². The molecule has 2 aromatic rings. The zero-order chi connectivity index (χ0) is 16.9. The minimum absolute atomic E-state index is 0.0496. The Morgan fingerprint density at radius 3 is 2.71 bits per heavy atom. The predicted octanol–water partition coefficient (Wildman–Crippen LogP) is 1.51. The summed E-state index contributed by atoms with van der Waals surface area (Å²) in [6.45, 7) is 4.13. The Morgan fingerprint density at radius 1 is 1.21 bits per heavy atom. The maximum atomic E-state index is 12.7. The SMILES string of the molecule is Cc1ccc(NC(=O)c2cnccn2)cc1C(=O)N1CCOCC1. The van der Waals surface area contributed by atoms with Gasteiger partial charge in [0.05, 0.1) is 19.4 Å². The van der Waals surface area contributed by atoms with E-state index in [0.29, 0.717) is 37.6 Å². The molecule has 0 unspecified atom stereocenters. The Labute approximate surface area is 139 Å². The van der Waals surface area contributed by atoms with Crippen LogP contribution in [0.5, 0.6) is 0 Å². The normalized spacial score (nSPS) is 14.3. The van der Waals surface area contributed by atoms with Crippen molar-refractivity contribution in [2.45, 2.75) is 6.92 Å². The summed E-state index contributed by atoms with van der Waals surface area (Å²) < 4.78 is 5.28. The summed E-state index contributed by atoms with van der Waals surface area (Å²) in [5, 5.41) is 2.75. The van der Waals surface area contributed by atoms with E-state index in [1.807, 2.05) is 13.0 Å². The van der Waals surface area contributed by atoms with Crippen LogP contribution in [0.2, 0.25) is 0 Å². The number of aryl methyl sites for hydroxylation is 1. The number of amides is 2. The number of carbonyl (C=O) groups is 2. The van der Waals surface area contributed by atoms with Gasteiger partial charge in [-0.1, -0.05) is 6.07 Å². The van der Waals surface area contributed by atoms with Crippen molar-refractivity contribution >= 4 is 17.5 Å². The maximum absolute atomic E-state index is 12.7. The van der Waals surface area contributed by atoms with Crippen molar-refractivity contribution < 1.29 is 14.3 Å². The standard InChI is InChI=1S/C17H18N4O3/c1-12-2-3-13(20-16(22)15-11-18-4-5-19-15)10-14(12)17(23)21-6-8-24-9-7-21/h2-5,10-11H,6-9H2,1H3,(H,20,22). The molecule has 1 aliphatic rings. The fraction of sp³-hybridized carbons (Fsp3) is 0.294. The minimum atomic E-state index is -0.364. The van der Waals surface area contributed by atoms with E-state index in [1.165, 1.54) is 18.6 Å². The molecular formula is C17H18N4O3. The molecule has 2 heterocycles. The van der Waals surface area contributed by atoms with Gasteiger partial charge in [-0.15, -0.1) is 0 Å². The number of nitrogens with one attached hydrogen (secondary N) is 1. The molecule has 1 aromatic carbocycles. The lowest BCUT2D eigenvalue weighted by molar-refractivity contribution is 0.0302. The number of hydrogen-bond acceptors (Lipinski definition) is 5. The molecular weight excluding hydrogens is 308 g/mol. The fourth-order valence-electron chi connectivity index (χ4n) is 2.48. The average molecular weight is 326 g/mol. The lowest BCUT2D eigenvalue weighted by atomic mass is 10.1. The molecule has 1 aliphatic heterocycles. The van der Waals surface area contributed by atoms with Crippen LogP contribution in [0.4, 0.5) is 5.69 Å². The van der Waals surface area contributed by atoms with Gasteiger partial charge in [0, 0.05) is 36.7 Å². The fourth-order valence-corrected chi connectivity index (χ4v) is 2.48. The van der Waals surface area contributed by atoms with Crippen LogP contribution in [-0.4, -0.2) is 53.0 Å². The van der Waals surface area contributed by atoms with Crippen molar-refractivity contribution in [3.63, 3.8) is 0 Å². The molecule has 1 fully saturated rings. The molecule has 1 saturated heterocycles. The minimum Gasteiger partial charge on any atom is -0.378 e. The Bertz CT molecular complexity index is 743. The van der Waals surface area contributed by atoms with Crippen LogP contribution in [0.15, 0.2) is 36.8 Å². The first-order chi connectivity index (χ1) is 11.6. The van der Waals surface area contributed by atoms with Gasteiger partial charge < -0.3 is 15.0 Å². The van der Waals surface area contributed by atoms with Gasteiger partial charge >= 0.3 is 0 Å². The summed E-state index contributed by atoms with van der Waals surface area (Å²) in [5.74, 6) is -0.414. The van der Waals surface area contributed by atoms with E-state index in [0.717, 1.165) is 5.56 Å². The molecule has 0 aliphatic carbocycles. The average Bonchev–Trinajstić information content (AvgIpc) is 2.64. The van der Waals surface area contributed by atoms with E-state index in [2.05, 4.69) is 15.3 Å². The highest BCUT2D eigenvalue weighted by molar-refractivity contribution is 6.04. The third kappa shape index (κ3) is 3.57. The molecule has 7 nitrogen and oxygen atoms in total. The molecule has 1 aromatic heterocycles. The van der Waals surface area contributed by atoms with E-state index in [1.54, 1.807) is 17.0 Å². The second kappa shape index (κ2) is 7.18. The number of anilines is 1. The van der Waals surface area contributed by atoms with Crippen molar-refractivity contribution in [3.8, 4) is 0 Å². The second-order valence-electron chi connectivity index (χ2n) is 5.48. The van der Waals surface area contributed by atoms with Gasteiger partial charge in [-0.25, -0.2) is 4.98 Å². The first-order valence-electron chi connectivity index (χ1n) is 7.70. The van der Waals surface area contributed by atoms with Crippen LogP contribution in [0.1, 0.15) is 26.4 Å². The molecule has 7 heteroatoms. The highest BCUT2D eigenvalue weighted by Gasteiger charge is 2.20. The van der Waals surface area contributed by atoms with Gasteiger partial charge in [0.15, 0.2) is 0 Å². The van der Waals surface area contributed by atoms with Crippen molar-refractivity contribution in [1.29, 1.82) is 0 Å². The number of hydrogen-bond donors (Lipinski definition) is 1. The number of ether oxygens (including phenoxy) is 1. The molecule has 2 amide bonds. The van der Waals surface area contributed by atoms with Crippen molar-refractivity contribution in [2.24, 2.45) is 0 Å². The van der Waals surface area contributed by atoms with Crippen LogP contribution >= 0.6 is 0 Å². The molecule has 124 valence electrons. The highest BCUT2D eigenvalue weighted by atomic mass is 16.5. The Kier molecular flexibility index (Phi) is 4.81. The van der Waals surface area contributed by atoms with Gasteiger partial charge in [-0.3, -0.25) is 14.6 Å². The van der Waals surface area contributed by atoms with Crippen LogP contribution in [-0.2, 0) is 4.74 Å². The van der Waals surface area contributed by atoms with Gasteiger partial charge in [0.1, 0.15) is 5.69 Å². The Hall–Kier alpha value is -2.80. The molecule has 0 spiro atoms. The summed E-state index contributed by atoms with van der Waals surface area (Å²) >= 11 is 0. The van der Waals surface area contributed by atoms with Gasteiger partial charge in [-0.2, -0.15) is 0 Å². The molecule has 0 atom stereocenters. The lowest BCUT2D eigenvalue weighted by Gasteiger charge is -2.27.